The SMILES string of the molecule is O=C(N[C@]1(C(O)N2CC[C@@H]3[C@H]2C(=O)CN3C(=O)c2ccccc2)CC1C1CCCCC1)c1cccc(Oc2ccccc2)c1. The Hall–Kier alpha value is -4.01. The van der Waals surface area contributed by atoms with E-state index in [1.165, 1.54) is 6.42 Å². The van der Waals surface area contributed by atoms with Crippen molar-refractivity contribution < 1.29 is 24.2 Å². The van der Waals surface area contributed by atoms with Crippen LogP contribution in [0.4, 0.5) is 0 Å². The molecule has 2 heterocycles. The van der Waals surface area contributed by atoms with Gasteiger partial charge in [0.1, 0.15) is 17.7 Å². The van der Waals surface area contributed by atoms with Crippen molar-refractivity contribution in [2.75, 3.05) is 13.1 Å². The number of para-hydroxylation sites is 1. The van der Waals surface area contributed by atoms with Gasteiger partial charge in [0, 0.05) is 17.7 Å². The monoisotopic (exact) mass is 593 g/mol. The van der Waals surface area contributed by atoms with E-state index in [0.717, 1.165) is 25.7 Å². The molecule has 2 aliphatic carbocycles. The highest BCUT2D eigenvalue weighted by molar-refractivity contribution is 6.01. The average Bonchev–Trinajstić information content (AvgIpc) is 3.46. The van der Waals surface area contributed by atoms with Crippen molar-refractivity contribution in [2.45, 2.75) is 68.8 Å². The van der Waals surface area contributed by atoms with E-state index in [1.54, 1.807) is 35.2 Å². The fourth-order valence-electron chi connectivity index (χ4n) is 7.99. The highest BCUT2D eigenvalue weighted by atomic mass is 16.5. The van der Waals surface area contributed by atoms with Gasteiger partial charge in [-0.25, -0.2) is 0 Å². The third-order valence-corrected chi connectivity index (χ3v) is 10.2. The standard InChI is InChI=1S/C36H39N3O5/c40-31-23-39(34(42)25-13-6-2-7-14-25)30-19-20-38(32(30)31)35(43)36(22-29(36)24-11-4-1-5-12-24)37-33(41)26-15-10-18-28(21-26)44-27-16-8-3-9-17-27/h2-3,6-10,13-18,21,24,29-30,32,35,43H,1,4-5,11-12,19-20,22-23H2,(H,37,41)/t29?,30-,32+,35?,36-/m1/s1. The number of rotatable bonds is 8. The lowest BCUT2D eigenvalue weighted by molar-refractivity contribution is -0.125. The molecule has 0 aromatic heterocycles. The van der Waals surface area contributed by atoms with Crippen LogP contribution in [0.1, 0.15) is 65.7 Å². The van der Waals surface area contributed by atoms with Crippen LogP contribution in [0.25, 0.3) is 0 Å². The van der Waals surface area contributed by atoms with Gasteiger partial charge in [0.2, 0.25) is 0 Å². The van der Waals surface area contributed by atoms with Gasteiger partial charge in [0.15, 0.2) is 5.78 Å². The van der Waals surface area contributed by atoms with Crippen LogP contribution < -0.4 is 10.1 Å². The minimum absolute atomic E-state index is 0.0336. The van der Waals surface area contributed by atoms with Crippen LogP contribution in [-0.2, 0) is 4.79 Å². The van der Waals surface area contributed by atoms with Crippen LogP contribution in [0, 0.1) is 11.8 Å². The summed E-state index contributed by atoms with van der Waals surface area (Å²) in [5, 5.41) is 15.4. The van der Waals surface area contributed by atoms with Crippen molar-refractivity contribution in [3.8, 4) is 11.5 Å². The topological polar surface area (TPSA) is 99.2 Å². The maximum atomic E-state index is 13.8. The molecule has 8 nitrogen and oxygen atoms in total. The number of hydrogen-bond acceptors (Lipinski definition) is 6. The molecule has 4 fully saturated rings. The lowest BCUT2D eigenvalue weighted by atomic mass is 9.83. The number of Topliss-reactive ketones (excluding diaryl/α,β-unsaturated/α-hetero) is 1. The number of likely N-dealkylation sites (tertiary alicyclic amines) is 2. The van der Waals surface area contributed by atoms with Gasteiger partial charge >= 0.3 is 0 Å². The first kappa shape index (κ1) is 28.7. The molecule has 2 amide bonds. The van der Waals surface area contributed by atoms with E-state index < -0.39 is 17.8 Å². The van der Waals surface area contributed by atoms with Gasteiger partial charge in [-0.05, 0) is 67.1 Å². The van der Waals surface area contributed by atoms with Gasteiger partial charge in [0.25, 0.3) is 11.8 Å². The smallest absolute Gasteiger partial charge is 0.254 e. The molecule has 3 aromatic carbocycles. The Morgan fingerprint density at radius 2 is 1.55 bits per heavy atom. The summed E-state index contributed by atoms with van der Waals surface area (Å²) in [4.78, 5) is 44.1. The minimum atomic E-state index is -1.03. The first-order chi connectivity index (χ1) is 21.4. The lowest BCUT2D eigenvalue weighted by Crippen LogP contribution is -2.58. The highest BCUT2D eigenvalue weighted by Crippen LogP contribution is 2.56. The number of nitrogens with zero attached hydrogens (tertiary/aromatic N) is 2. The second kappa shape index (κ2) is 11.8. The Morgan fingerprint density at radius 1 is 0.864 bits per heavy atom. The number of nitrogens with one attached hydrogen (secondary N) is 1. The molecule has 8 heteroatoms. The summed E-state index contributed by atoms with van der Waals surface area (Å²) in [6, 6.07) is 24.7. The normalized spacial score (nSPS) is 27.5. The molecule has 2 saturated heterocycles. The van der Waals surface area contributed by atoms with Gasteiger partial charge in [-0.1, -0.05) is 74.6 Å². The van der Waals surface area contributed by atoms with E-state index in [2.05, 4.69) is 5.32 Å². The molecule has 44 heavy (non-hydrogen) atoms. The van der Waals surface area contributed by atoms with Crippen molar-refractivity contribution in [3.05, 3.63) is 96.1 Å². The average molecular weight is 594 g/mol. The van der Waals surface area contributed by atoms with Crippen molar-refractivity contribution in [2.24, 2.45) is 11.8 Å². The van der Waals surface area contributed by atoms with Gasteiger partial charge in [0.05, 0.1) is 24.2 Å². The number of ether oxygens (including phenoxy) is 1. The molecule has 0 bridgehead atoms. The molecule has 0 radical (unpaired) electrons. The van der Waals surface area contributed by atoms with Gasteiger partial charge < -0.3 is 20.1 Å². The molecule has 228 valence electrons. The van der Waals surface area contributed by atoms with Crippen LogP contribution in [0.5, 0.6) is 11.5 Å². The van der Waals surface area contributed by atoms with E-state index in [9.17, 15) is 19.5 Å². The number of carbonyl (C=O) groups excluding carboxylic acids is 3. The summed E-state index contributed by atoms with van der Waals surface area (Å²) < 4.78 is 5.97. The fraction of sp³-hybridized carbons (Fsp3) is 0.417. The van der Waals surface area contributed by atoms with E-state index in [4.69, 9.17) is 4.74 Å². The molecule has 7 rings (SSSR count). The second-order valence-electron chi connectivity index (χ2n) is 12.8. The number of carbonyl (C=O) groups is 3. The van der Waals surface area contributed by atoms with Gasteiger partial charge in [-0.3, -0.25) is 19.3 Å². The zero-order valence-corrected chi connectivity index (χ0v) is 24.8. The number of benzene rings is 3. The summed E-state index contributed by atoms with van der Waals surface area (Å²) in [6.07, 6.45) is 5.93. The summed E-state index contributed by atoms with van der Waals surface area (Å²) in [7, 11) is 0. The van der Waals surface area contributed by atoms with Crippen LogP contribution in [0.3, 0.4) is 0 Å². The Kier molecular flexibility index (Phi) is 7.72. The molecule has 0 spiro atoms. The third-order valence-electron chi connectivity index (χ3n) is 10.2. The quantitative estimate of drug-likeness (QED) is 0.380. The van der Waals surface area contributed by atoms with E-state index in [0.29, 0.717) is 47.9 Å². The summed E-state index contributed by atoms with van der Waals surface area (Å²) in [5.41, 5.74) is 0.151. The van der Waals surface area contributed by atoms with E-state index in [1.807, 2.05) is 59.5 Å². The number of aliphatic hydroxyl groups is 1. The molecule has 2 aliphatic heterocycles. The molecule has 2 unspecified atom stereocenters. The van der Waals surface area contributed by atoms with Crippen LogP contribution in [0.15, 0.2) is 84.9 Å². The summed E-state index contributed by atoms with van der Waals surface area (Å²) >= 11 is 0. The van der Waals surface area contributed by atoms with Crippen molar-refractivity contribution >= 4 is 17.6 Å². The summed E-state index contributed by atoms with van der Waals surface area (Å²) in [6.45, 7) is 0.516. The Morgan fingerprint density at radius 3 is 2.30 bits per heavy atom. The Bertz CT molecular complexity index is 1520. The van der Waals surface area contributed by atoms with Crippen molar-refractivity contribution in [1.29, 1.82) is 0 Å². The first-order valence-electron chi connectivity index (χ1n) is 15.9. The molecule has 4 aliphatic rings. The number of hydrogen-bond donors (Lipinski definition) is 2. The van der Waals surface area contributed by atoms with Crippen LogP contribution in [0.2, 0.25) is 0 Å². The predicted octanol–water partition coefficient (Wildman–Crippen LogP) is 5.03. The maximum Gasteiger partial charge on any atom is 0.254 e. The Balaban J connectivity index is 1.12. The Labute approximate surface area is 258 Å². The molecule has 3 aromatic rings. The number of ketones is 1. The number of amides is 2. The number of aliphatic hydroxyl groups excluding tert-OH is 1. The maximum absolute atomic E-state index is 13.8. The van der Waals surface area contributed by atoms with Gasteiger partial charge in [-0.2, -0.15) is 0 Å². The van der Waals surface area contributed by atoms with Gasteiger partial charge in [-0.15, -0.1) is 0 Å². The number of fused-ring (bicyclic) bond motifs is 1. The second-order valence-corrected chi connectivity index (χ2v) is 12.8. The van der Waals surface area contributed by atoms with Crippen molar-refractivity contribution in [3.63, 3.8) is 0 Å². The zero-order valence-electron chi connectivity index (χ0n) is 24.8. The van der Waals surface area contributed by atoms with Crippen LogP contribution in [-0.4, -0.2) is 69.4 Å². The molecular formula is C36H39N3O5. The first-order valence-corrected chi connectivity index (χ1v) is 15.9. The van der Waals surface area contributed by atoms with Crippen molar-refractivity contribution in [1.82, 2.24) is 15.1 Å². The predicted molar refractivity (Wildman–Crippen MR) is 165 cm³/mol. The molecule has 2 N–H and O–H groups in total. The van der Waals surface area contributed by atoms with E-state index >= 15 is 0 Å². The molecule has 5 atom stereocenters. The largest absolute Gasteiger partial charge is 0.457 e. The third kappa shape index (κ3) is 5.30. The molecular weight excluding hydrogens is 554 g/mol. The fourth-order valence-corrected chi connectivity index (χ4v) is 7.99. The minimum Gasteiger partial charge on any atom is -0.457 e. The lowest BCUT2D eigenvalue weighted by Gasteiger charge is -2.36. The summed E-state index contributed by atoms with van der Waals surface area (Å²) in [5.74, 6) is 1.30. The van der Waals surface area contributed by atoms with Crippen LogP contribution >= 0.6 is 0 Å². The zero-order chi connectivity index (χ0) is 30.3. The molecule has 2 saturated carbocycles. The highest BCUT2D eigenvalue weighted by Gasteiger charge is 2.66. The van der Waals surface area contributed by atoms with E-state index in [-0.39, 0.29) is 36.1 Å².